The summed E-state index contributed by atoms with van der Waals surface area (Å²) in [6, 6.07) is 10.0. The summed E-state index contributed by atoms with van der Waals surface area (Å²) in [6.07, 6.45) is 2.31. The number of rotatable bonds is 3. The molecule has 2 aromatic rings. The minimum Gasteiger partial charge on any atom is -0.331 e. The van der Waals surface area contributed by atoms with Crippen LogP contribution >= 0.6 is 11.3 Å². The van der Waals surface area contributed by atoms with Crippen molar-refractivity contribution in [2.45, 2.75) is 19.4 Å². The molecule has 6 nitrogen and oxygen atoms in total. The lowest BCUT2D eigenvalue weighted by Crippen LogP contribution is -2.40. The number of carbonyl (C=O) groups is 1. The van der Waals surface area contributed by atoms with Gasteiger partial charge in [0.05, 0.1) is 6.54 Å². The van der Waals surface area contributed by atoms with Crippen LogP contribution in [0.2, 0.25) is 0 Å². The van der Waals surface area contributed by atoms with E-state index in [0.29, 0.717) is 12.0 Å². The molecule has 0 saturated carbocycles. The predicted octanol–water partition coefficient (Wildman–Crippen LogP) is 2.44. The average Bonchev–Trinajstić information content (AvgIpc) is 3.35. The summed E-state index contributed by atoms with van der Waals surface area (Å²) in [5.74, 6) is 0. The fraction of sp³-hybridized carbons (Fsp3) is 0.500. The van der Waals surface area contributed by atoms with Crippen LogP contribution in [0.1, 0.15) is 17.8 Å². The highest BCUT2D eigenvalue weighted by atomic mass is 32.1. The SMILES string of the molecule is CN1CCC2(CCN(C(=O)NCc3nnc(-c4ccccc4)s3)C2)C1. The Labute approximate surface area is 151 Å². The van der Waals surface area contributed by atoms with Gasteiger partial charge in [-0.1, -0.05) is 41.7 Å². The highest BCUT2D eigenvalue weighted by Crippen LogP contribution is 2.38. The van der Waals surface area contributed by atoms with E-state index in [1.165, 1.54) is 17.8 Å². The molecule has 0 bridgehead atoms. The van der Waals surface area contributed by atoms with Crippen molar-refractivity contribution < 1.29 is 4.79 Å². The lowest BCUT2D eigenvalue weighted by molar-refractivity contribution is 0.199. The van der Waals surface area contributed by atoms with Gasteiger partial charge >= 0.3 is 6.03 Å². The molecule has 1 unspecified atom stereocenters. The van der Waals surface area contributed by atoms with E-state index in [4.69, 9.17) is 0 Å². The summed E-state index contributed by atoms with van der Waals surface area (Å²) in [6.45, 7) is 4.41. The van der Waals surface area contributed by atoms with Crippen LogP contribution < -0.4 is 5.32 Å². The Kier molecular flexibility index (Phi) is 4.43. The largest absolute Gasteiger partial charge is 0.331 e. The van der Waals surface area contributed by atoms with E-state index < -0.39 is 0 Å². The van der Waals surface area contributed by atoms with Gasteiger partial charge in [0.1, 0.15) is 10.0 Å². The van der Waals surface area contributed by atoms with Gasteiger partial charge in [0.25, 0.3) is 0 Å². The lowest BCUT2D eigenvalue weighted by atomic mass is 9.86. The first-order valence-corrected chi connectivity index (χ1v) is 9.54. The summed E-state index contributed by atoms with van der Waals surface area (Å²) in [5.41, 5.74) is 1.37. The van der Waals surface area contributed by atoms with E-state index in [0.717, 1.165) is 48.2 Å². The van der Waals surface area contributed by atoms with E-state index in [2.05, 4.69) is 27.5 Å². The number of hydrogen-bond acceptors (Lipinski definition) is 5. The molecule has 4 rings (SSSR count). The highest BCUT2D eigenvalue weighted by molar-refractivity contribution is 7.14. The quantitative estimate of drug-likeness (QED) is 0.917. The molecule has 3 heterocycles. The summed E-state index contributed by atoms with van der Waals surface area (Å²) in [4.78, 5) is 16.8. The first-order chi connectivity index (χ1) is 12.1. The van der Waals surface area contributed by atoms with Gasteiger partial charge in [-0.25, -0.2) is 4.79 Å². The van der Waals surface area contributed by atoms with Crippen LogP contribution in [0.3, 0.4) is 0 Å². The third-order valence-corrected chi connectivity index (χ3v) is 6.21. The fourth-order valence-corrected chi connectivity index (χ4v) is 4.67. The number of aromatic nitrogens is 2. The van der Waals surface area contributed by atoms with Gasteiger partial charge in [-0.05, 0) is 26.4 Å². The Morgan fingerprint density at radius 1 is 1.20 bits per heavy atom. The molecule has 2 fully saturated rings. The molecule has 1 aromatic heterocycles. The summed E-state index contributed by atoms with van der Waals surface area (Å²) >= 11 is 1.53. The van der Waals surface area contributed by atoms with Crippen molar-refractivity contribution in [1.29, 1.82) is 0 Å². The minimum atomic E-state index is 0.0166. The number of nitrogens with one attached hydrogen (secondary N) is 1. The Morgan fingerprint density at radius 3 is 2.76 bits per heavy atom. The minimum absolute atomic E-state index is 0.0166. The van der Waals surface area contributed by atoms with Crippen molar-refractivity contribution in [2.24, 2.45) is 5.41 Å². The zero-order valence-electron chi connectivity index (χ0n) is 14.4. The van der Waals surface area contributed by atoms with Gasteiger partial charge in [0.2, 0.25) is 0 Å². The van der Waals surface area contributed by atoms with E-state index in [-0.39, 0.29) is 6.03 Å². The van der Waals surface area contributed by atoms with Crippen LogP contribution in [0.4, 0.5) is 4.79 Å². The molecule has 2 aliphatic heterocycles. The second kappa shape index (κ2) is 6.72. The maximum Gasteiger partial charge on any atom is 0.317 e. The number of urea groups is 1. The average molecular weight is 357 g/mol. The molecule has 1 spiro atoms. The second-order valence-corrected chi connectivity index (χ2v) is 8.25. The highest BCUT2D eigenvalue weighted by Gasteiger charge is 2.43. The number of amides is 2. The van der Waals surface area contributed by atoms with Crippen molar-refractivity contribution in [3.05, 3.63) is 35.3 Å². The van der Waals surface area contributed by atoms with Crippen molar-refractivity contribution in [1.82, 2.24) is 25.3 Å². The molecular formula is C18H23N5OS. The van der Waals surface area contributed by atoms with Crippen molar-refractivity contribution in [3.8, 4) is 10.6 Å². The van der Waals surface area contributed by atoms with Crippen molar-refractivity contribution in [3.63, 3.8) is 0 Å². The molecule has 2 aliphatic rings. The van der Waals surface area contributed by atoms with E-state index >= 15 is 0 Å². The number of benzene rings is 1. The molecule has 25 heavy (non-hydrogen) atoms. The van der Waals surface area contributed by atoms with E-state index in [9.17, 15) is 4.79 Å². The van der Waals surface area contributed by atoms with Crippen molar-refractivity contribution >= 4 is 17.4 Å². The van der Waals surface area contributed by atoms with Crippen LogP contribution in [-0.4, -0.2) is 59.3 Å². The van der Waals surface area contributed by atoms with Gasteiger partial charge in [0, 0.05) is 30.6 Å². The van der Waals surface area contributed by atoms with Crippen LogP contribution in [-0.2, 0) is 6.54 Å². The van der Waals surface area contributed by atoms with Crippen LogP contribution in [0, 0.1) is 5.41 Å². The molecule has 132 valence electrons. The molecule has 1 atom stereocenters. The normalized spacial score (nSPS) is 23.5. The van der Waals surface area contributed by atoms with Gasteiger partial charge in [0.15, 0.2) is 0 Å². The monoisotopic (exact) mass is 357 g/mol. The first kappa shape index (κ1) is 16.5. The maximum atomic E-state index is 12.5. The van der Waals surface area contributed by atoms with Crippen LogP contribution in [0.5, 0.6) is 0 Å². The number of likely N-dealkylation sites (tertiary alicyclic amines) is 2. The molecular weight excluding hydrogens is 334 g/mol. The van der Waals surface area contributed by atoms with Crippen LogP contribution in [0.25, 0.3) is 10.6 Å². The van der Waals surface area contributed by atoms with Crippen LogP contribution in [0.15, 0.2) is 30.3 Å². The molecule has 2 amide bonds. The molecule has 0 aliphatic carbocycles. The van der Waals surface area contributed by atoms with E-state index in [1.54, 1.807) is 0 Å². The number of hydrogen-bond donors (Lipinski definition) is 1. The smallest absolute Gasteiger partial charge is 0.317 e. The second-order valence-electron chi connectivity index (χ2n) is 7.19. The van der Waals surface area contributed by atoms with Gasteiger partial charge in [-0.3, -0.25) is 0 Å². The zero-order chi connectivity index (χ0) is 17.3. The Morgan fingerprint density at radius 2 is 2.00 bits per heavy atom. The lowest BCUT2D eigenvalue weighted by Gasteiger charge is -2.23. The Bertz CT molecular complexity index is 749. The summed E-state index contributed by atoms with van der Waals surface area (Å²) in [5, 5.41) is 13.2. The molecule has 2 saturated heterocycles. The van der Waals surface area contributed by atoms with Crippen molar-refractivity contribution in [2.75, 3.05) is 33.2 Å². The predicted molar refractivity (Wildman–Crippen MR) is 98.3 cm³/mol. The topological polar surface area (TPSA) is 61.4 Å². The summed E-state index contributed by atoms with van der Waals surface area (Å²) in [7, 11) is 2.16. The summed E-state index contributed by atoms with van der Waals surface area (Å²) < 4.78 is 0. The zero-order valence-corrected chi connectivity index (χ0v) is 15.3. The third kappa shape index (κ3) is 3.52. The fourth-order valence-electron chi connectivity index (χ4n) is 3.89. The number of nitrogens with zero attached hydrogens (tertiary/aromatic N) is 4. The van der Waals surface area contributed by atoms with E-state index in [1.807, 2.05) is 35.2 Å². The maximum absolute atomic E-state index is 12.5. The third-order valence-electron chi connectivity index (χ3n) is 5.23. The van der Waals surface area contributed by atoms with Gasteiger partial charge in [-0.15, -0.1) is 10.2 Å². The standard InChI is InChI=1S/C18H23N5OS/c1-22-9-7-18(12-22)8-10-23(13-18)17(24)19-11-15-20-21-16(25-15)14-5-3-2-4-6-14/h2-6H,7-13H2,1H3,(H,19,24). The molecule has 1 N–H and O–H groups in total. The van der Waals surface area contributed by atoms with Gasteiger partial charge < -0.3 is 15.1 Å². The molecule has 1 aromatic carbocycles. The Balaban J connectivity index is 1.32. The number of carbonyl (C=O) groups excluding carboxylic acids is 1. The first-order valence-electron chi connectivity index (χ1n) is 8.73. The molecule has 0 radical (unpaired) electrons. The Hall–Kier alpha value is -1.99. The van der Waals surface area contributed by atoms with Gasteiger partial charge in [-0.2, -0.15) is 0 Å². The molecule has 7 heteroatoms.